The van der Waals surface area contributed by atoms with E-state index in [2.05, 4.69) is 10.3 Å². The number of ether oxygens (including phenoxy) is 1. The van der Waals surface area contributed by atoms with Crippen molar-refractivity contribution in [2.45, 2.75) is 6.42 Å². The molecule has 0 atom stereocenters. The monoisotopic (exact) mass is 287 g/mol. The second kappa shape index (κ2) is 6.47. The number of nitro benzene ring substituents is 1. The first-order chi connectivity index (χ1) is 10.1. The summed E-state index contributed by atoms with van der Waals surface area (Å²) in [4.78, 5) is 25.9. The maximum atomic E-state index is 11.9. The average Bonchev–Trinajstić information content (AvgIpc) is 2.48. The van der Waals surface area contributed by atoms with Crippen molar-refractivity contribution >= 4 is 17.3 Å². The first kappa shape index (κ1) is 14.4. The number of carbonyl (C=O) groups is 1. The molecule has 7 nitrogen and oxygen atoms in total. The van der Waals surface area contributed by atoms with Gasteiger partial charge in [-0.05, 0) is 11.6 Å². The van der Waals surface area contributed by atoms with E-state index in [-0.39, 0.29) is 18.0 Å². The van der Waals surface area contributed by atoms with Gasteiger partial charge >= 0.3 is 0 Å². The van der Waals surface area contributed by atoms with Gasteiger partial charge in [-0.25, -0.2) is 4.98 Å². The van der Waals surface area contributed by atoms with Crippen LogP contribution in [0.4, 0.5) is 11.4 Å². The van der Waals surface area contributed by atoms with E-state index in [0.717, 1.165) is 0 Å². The Morgan fingerprint density at radius 3 is 2.52 bits per heavy atom. The van der Waals surface area contributed by atoms with Crippen molar-refractivity contribution in [1.29, 1.82) is 0 Å². The molecule has 1 aromatic carbocycles. The van der Waals surface area contributed by atoms with Crippen LogP contribution in [-0.4, -0.2) is 22.9 Å². The van der Waals surface area contributed by atoms with Crippen LogP contribution in [0.25, 0.3) is 0 Å². The quantitative estimate of drug-likeness (QED) is 0.671. The van der Waals surface area contributed by atoms with E-state index in [0.29, 0.717) is 17.1 Å². The molecule has 0 aliphatic carbocycles. The van der Waals surface area contributed by atoms with Gasteiger partial charge in [-0.15, -0.1) is 0 Å². The Bertz CT molecular complexity index is 638. The molecule has 7 heteroatoms. The summed E-state index contributed by atoms with van der Waals surface area (Å²) in [5.41, 5.74) is 1.25. The number of pyridine rings is 1. The number of nitrogens with one attached hydrogen (secondary N) is 1. The number of carbonyl (C=O) groups excluding carboxylic acids is 1. The summed E-state index contributed by atoms with van der Waals surface area (Å²) < 4.78 is 4.92. The molecule has 0 radical (unpaired) electrons. The Morgan fingerprint density at radius 2 is 2.00 bits per heavy atom. The molecule has 1 amide bonds. The number of anilines is 1. The van der Waals surface area contributed by atoms with Crippen LogP contribution in [0.3, 0.4) is 0 Å². The molecule has 0 saturated carbocycles. The number of benzene rings is 1. The number of hydrogen-bond donors (Lipinski definition) is 1. The molecule has 21 heavy (non-hydrogen) atoms. The van der Waals surface area contributed by atoms with Crippen molar-refractivity contribution in [3.63, 3.8) is 0 Å². The highest BCUT2D eigenvalue weighted by molar-refractivity contribution is 5.92. The van der Waals surface area contributed by atoms with E-state index in [1.165, 1.54) is 25.4 Å². The molecular formula is C14H13N3O4. The first-order valence-electron chi connectivity index (χ1n) is 6.11. The van der Waals surface area contributed by atoms with Crippen molar-refractivity contribution in [2.24, 2.45) is 0 Å². The van der Waals surface area contributed by atoms with Crippen LogP contribution in [0.5, 0.6) is 5.88 Å². The van der Waals surface area contributed by atoms with Gasteiger partial charge in [0.1, 0.15) is 0 Å². The van der Waals surface area contributed by atoms with Crippen molar-refractivity contribution in [3.8, 4) is 5.88 Å². The van der Waals surface area contributed by atoms with Crippen LogP contribution in [0, 0.1) is 10.1 Å². The number of nitro groups is 1. The highest BCUT2D eigenvalue weighted by Crippen LogP contribution is 2.14. The van der Waals surface area contributed by atoms with E-state index in [1.54, 1.807) is 24.3 Å². The molecule has 1 heterocycles. The second-order valence-electron chi connectivity index (χ2n) is 4.24. The van der Waals surface area contributed by atoms with Gasteiger partial charge in [-0.3, -0.25) is 14.9 Å². The van der Waals surface area contributed by atoms with E-state index >= 15 is 0 Å². The topological polar surface area (TPSA) is 94.4 Å². The third kappa shape index (κ3) is 4.00. The van der Waals surface area contributed by atoms with Crippen molar-refractivity contribution in [3.05, 3.63) is 58.3 Å². The molecule has 0 aliphatic rings. The number of hydrogen-bond acceptors (Lipinski definition) is 5. The third-order valence-corrected chi connectivity index (χ3v) is 2.74. The Balaban J connectivity index is 1.95. The van der Waals surface area contributed by atoms with Crippen molar-refractivity contribution < 1.29 is 14.5 Å². The van der Waals surface area contributed by atoms with Gasteiger partial charge in [0.25, 0.3) is 5.69 Å². The second-order valence-corrected chi connectivity index (χ2v) is 4.24. The Morgan fingerprint density at radius 1 is 1.29 bits per heavy atom. The number of nitrogens with zero attached hydrogens (tertiary/aromatic N) is 2. The normalized spacial score (nSPS) is 9.95. The van der Waals surface area contributed by atoms with Crippen LogP contribution < -0.4 is 10.1 Å². The summed E-state index contributed by atoms with van der Waals surface area (Å²) in [7, 11) is 1.51. The van der Waals surface area contributed by atoms with Gasteiger partial charge in [0.15, 0.2) is 0 Å². The zero-order valence-electron chi connectivity index (χ0n) is 11.3. The number of amides is 1. The van der Waals surface area contributed by atoms with Gasteiger partial charge in [-0.2, -0.15) is 0 Å². The molecule has 1 aromatic heterocycles. The molecule has 2 rings (SSSR count). The van der Waals surface area contributed by atoms with Gasteiger partial charge in [0, 0.05) is 18.2 Å². The van der Waals surface area contributed by atoms with E-state index in [4.69, 9.17) is 4.74 Å². The molecule has 0 spiro atoms. The molecule has 0 aliphatic heterocycles. The SMILES string of the molecule is COc1ccc(NC(=O)Cc2ccc([N+](=O)[O-])cc2)cn1. The maximum absolute atomic E-state index is 11.9. The zero-order chi connectivity index (χ0) is 15.2. The Hall–Kier alpha value is -2.96. The highest BCUT2D eigenvalue weighted by Gasteiger charge is 2.08. The number of aromatic nitrogens is 1. The minimum atomic E-state index is -0.479. The minimum Gasteiger partial charge on any atom is -0.481 e. The fourth-order valence-corrected chi connectivity index (χ4v) is 1.70. The summed E-state index contributed by atoms with van der Waals surface area (Å²) in [6.07, 6.45) is 1.62. The molecular weight excluding hydrogens is 274 g/mol. The third-order valence-electron chi connectivity index (χ3n) is 2.74. The lowest BCUT2D eigenvalue weighted by Gasteiger charge is -2.05. The summed E-state index contributed by atoms with van der Waals surface area (Å²) >= 11 is 0. The number of non-ortho nitro benzene ring substituents is 1. The van der Waals surface area contributed by atoms with Crippen LogP contribution in [0.1, 0.15) is 5.56 Å². The molecule has 0 bridgehead atoms. The van der Waals surface area contributed by atoms with Crippen LogP contribution in [0.2, 0.25) is 0 Å². The first-order valence-corrected chi connectivity index (χ1v) is 6.11. The maximum Gasteiger partial charge on any atom is 0.269 e. The van der Waals surface area contributed by atoms with Crippen LogP contribution >= 0.6 is 0 Å². The minimum absolute atomic E-state index is 0.00138. The van der Waals surface area contributed by atoms with Crippen molar-refractivity contribution in [2.75, 3.05) is 12.4 Å². The average molecular weight is 287 g/mol. The number of rotatable bonds is 5. The summed E-state index contributed by atoms with van der Waals surface area (Å²) in [5.74, 6) is 0.235. The lowest BCUT2D eigenvalue weighted by atomic mass is 10.1. The predicted octanol–water partition coefficient (Wildman–Crippen LogP) is 2.18. The van der Waals surface area contributed by atoms with Crippen LogP contribution in [0.15, 0.2) is 42.6 Å². The smallest absolute Gasteiger partial charge is 0.269 e. The van der Waals surface area contributed by atoms with E-state index < -0.39 is 4.92 Å². The van der Waals surface area contributed by atoms with Gasteiger partial charge < -0.3 is 10.1 Å². The number of methoxy groups -OCH3 is 1. The summed E-state index contributed by atoms with van der Waals surface area (Å²) in [6.45, 7) is 0. The Kier molecular flexibility index (Phi) is 4.45. The van der Waals surface area contributed by atoms with Gasteiger partial charge in [-0.1, -0.05) is 12.1 Å². The fraction of sp³-hybridized carbons (Fsp3) is 0.143. The van der Waals surface area contributed by atoms with E-state index in [1.807, 2.05) is 0 Å². The highest BCUT2D eigenvalue weighted by atomic mass is 16.6. The van der Waals surface area contributed by atoms with Crippen LogP contribution in [-0.2, 0) is 11.2 Å². The standard InChI is InChI=1S/C14H13N3O4/c1-21-14-7-4-11(9-15-14)16-13(18)8-10-2-5-12(6-3-10)17(19)20/h2-7,9H,8H2,1H3,(H,16,18). The predicted molar refractivity (Wildman–Crippen MR) is 76.2 cm³/mol. The van der Waals surface area contributed by atoms with Gasteiger partial charge in [0.05, 0.1) is 30.3 Å². The summed E-state index contributed by atoms with van der Waals surface area (Å²) in [6, 6.07) is 9.18. The Labute approximate surface area is 120 Å². The molecule has 2 aromatic rings. The molecule has 0 unspecified atom stereocenters. The fourth-order valence-electron chi connectivity index (χ4n) is 1.70. The largest absolute Gasteiger partial charge is 0.481 e. The summed E-state index contributed by atoms with van der Waals surface area (Å²) in [5, 5.41) is 13.2. The molecule has 108 valence electrons. The van der Waals surface area contributed by atoms with Gasteiger partial charge in [0.2, 0.25) is 11.8 Å². The lowest BCUT2D eigenvalue weighted by molar-refractivity contribution is -0.384. The molecule has 0 saturated heterocycles. The molecule has 0 fully saturated rings. The molecule has 1 N–H and O–H groups in total. The zero-order valence-corrected chi connectivity index (χ0v) is 11.3. The van der Waals surface area contributed by atoms with E-state index in [9.17, 15) is 14.9 Å². The lowest BCUT2D eigenvalue weighted by Crippen LogP contribution is -2.14. The van der Waals surface area contributed by atoms with Crippen molar-refractivity contribution in [1.82, 2.24) is 4.98 Å².